The zero-order valence-electron chi connectivity index (χ0n) is 12.3. The molecule has 0 radical (unpaired) electrons. The van der Waals surface area contributed by atoms with Gasteiger partial charge < -0.3 is 5.21 Å². The lowest BCUT2D eigenvalue weighted by atomic mass is 10.0. The Balaban J connectivity index is 2.18. The third-order valence-electron chi connectivity index (χ3n) is 3.03. The molecule has 0 aliphatic carbocycles. The Labute approximate surface area is 134 Å². The van der Waals surface area contributed by atoms with Gasteiger partial charge in [-0.05, 0) is 31.2 Å². The number of oxime groups is 1. The molecule has 0 atom stereocenters. The molecule has 0 amide bonds. The van der Waals surface area contributed by atoms with Gasteiger partial charge in [0.25, 0.3) is 10.1 Å². The molecule has 120 valence electrons. The smallest absolute Gasteiger partial charge is 0.297 e. The SMILES string of the molecule is C/C(COS(=O)(=O)c1ccc(C(=O)c2ccccc2)cc1)=N\O. The Morgan fingerprint density at radius 3 is 2.17 bits per heavy atom. The summed E-state index contributed by atoms with van der Waals surface area (Å²) in [5, 5.41) is 11.3. The Kier molecular flexibility index (Phi) is 5.25. The number of nitrogens with zero attached hydrogens (tertiary/aromatic N) is 1. The highest BCUT2D eigenvalue weighted by molar-refractivity contribution is 7.86. The maximum absolute atomic E-state index is 12.2. The van der Waals surface area contributed by atoms with Crippen LogP contribution in [0.1, 0.15) is 22.8 Å². The molecule has 7 heteroatoms. The molecular formula is C16H15NO5S. The second kappa shape index (κ2) is 7.17. The van der Waals surface area contributed by atoms with Crippen molar-refractivity contribution in [2.24, 2.45) is 5.16 Å². The monoisotopic (exact) mass is 333 g/mol. The molecule has 23 heavy (non-hydrogen) atoms. The first-order chi connectivity index (χ1) is 10.9. The van der Waals surface area contributed by atoms with Gasteiger partial charge in [-0.1, -0.05) is 35.5 Å². The van der Waals surface area contributed by atoms with Gasteiger partial charge in [0.05, 0.1) is 10.6 Å². The van der Waals surface area contributed by atoms with Crippen molar-refractivity contribution in [3.8, 4) is 0 Å². The van der Waals surface area contributed by atoms with E-state index in [1.54, 1.807) is 24.3 Å². The highest BCUT2D eigenvalue weighted by Gasteiger charge is 2.17. The van der Waals surface area contributed by atoms with Crippen LogP contribution < -0.4 is 0 Å². The molecule has 0 spiro atoms. The van der Waals surface area contributed by atoms with Crippen LogP contribution in [-0.4, -0.2) is 31.7 Å². The summed E-state index contributed by atoms with van der Waals surface area (Å²) in [4.78, 5) is 12.2. The number of carbonyl (C=O) groups excluding carboxylic acids is 1. The number of rotatable bonds is 6. The summed E-state index contributed by atoms with van der Waals surface area (Å²) in [5.41, 5.74) is 1.03. The predicted octanol–water partition coefficient (Wildman–Crippen LogP) is 2.47. The molecule has 0 aromatic heterocycles. The molecule has 6 nitrogen and oxygen atoms in total. The molecule has 0 fully saturated rings. The molecule has 0 bridgehead atoms. The molecule has 2 aromatic carbocycles. The van der Waals surface area contributed by atoms with Gasteiger partial charge in [-0.3, -0.25) is 8.98 Å². The van der Waals surface area contributed by atoms with E-state index in [2.05, 4.69) is 5.16 Å². The van der Waals surface area contributed by atoms with Crippen LogP contribution in [-0.2, 0) is 14.3 Å². The lowest BCUT2D eigenvalue weighted by molar-refractivity contribution is 0.103. The molecule has 0 unspecified atom stereocenters. The number of ketones is 1. The summed E-state index contributed by atoms with van der Waals surface area (Å²) in [6.07, 6.45) is 0. The van der Waals surface area contributed by atoms with Gasteiger partial charge in [0.15, 0.2) is 5.78 Å². The maximum atomic E-state index is 12.2. The van der Waals surface area contributed by atoms with E-state index in [1.165, 1.54) is 31.2 Å². The van der Waals surface area contributed by atoms with Crippen molar-refractivity contribution in [1.29, 1.82) is 0 Å². The van der Waals surface area contributed by atoms with Crippen molar-refractivity contribution in [3.05, 3.63) is 65.7 Å². The standard InChI is InChI=1S/C16H15NO5S/c1-12(17-19)11-22-23(20,21)15-9-7-14(8-10-15)16(18)13-5-3-2-4-6-13/h2-10,19H,11H2,1H3/b17-12+. The highest BCUT2D eigenvalue weighted by Crippen LogP contribution is 2.16. The lowest BCUT2D eigenvalue weighted by Gasteiger charge is -2.06. The Morgan fingerprint density at radius 1 is 1.04 bits per heavy atom. The van der Waals surface area contributed by atoms with E-state index in [0.717, 1.165) is 0 Å². The summed E-state index contributed by atoms with van der Waals surface area (Å²) in [6.45, 7) is 1.08. The van der Waals surface area contributed by atoms with E-state index >= 15 is 0 Å². The Bertz CT molecular complexity index is 811. The molecular weight excluding hydrogens is 318 g/mol. The predicted molar refractivity (Wildman–Crippen MR) is 84.3 cm³/mol. The van der Waals surface area contributed by atoms with Crippen LogP contribution in [0.2, 0.25) is 0 Å². The first-order valence-electron chi connectivity index (χ1n) is 6.71. The zero-order valence-corrected chi connectivity index (χ0v) is 13.2. The second-order valence-electron chi connectivity index (χ2n) is 4.77. The molecule has 0 saturated carbocycles. The number of benzene rings is 2. The minimum atomic E-state index is -3.98. The lowest BCUT2D eigenvalue weighted by Crippen LogP contribution is -2.12. The Morgan fingerprint density at radius 2 is 1.61 bits per heavy atom. The molecule has 0 aliphatic rings. The average molecular weight is 333 g/mol. The summed E-state index contributed by atoms with van der Waals surface area (Å²) in [7, 11) is -3.98. The fourth-order valence-electron chi connectivity index (χ4n) is 1.79. The molecule has 0 saturated heterocycles. The molecule has 0 aliphatic heterocycles. The van der Waals surface area contributed by atoms with Crippen LogP contribution in [0.25, 0.3) is 0 Å². The van der Waals surface area contributed by atoms with Gasteiger partial charge in [-0.15, -0.1) is 0 Å². The number of hydrogen-bond donors (Lipinski definition) is 1. The average Bonchev–Trinajstić information content (AvgIpc) is 2.60. The Hall–Kier alpha value is -2.51. The second-order valence-corrected chi connectivity index (χ2v) is 6.39. The topological polar surface area (TPSA) is 93.0 Å². The van der Waals surface area contributed by atoms with Gasteiger partial charge >= 0.3 is 0 Å². The minimum absolute atomic E-state index is 0.0761. The van der Waals surface area contributed by atoms with Crippen molar-refractivity contribution < 1.29 is 22.6 Å². The molecule has 2 aromatic rings. The fourth-order valence-corrected chi connectivity index (χ4v) is 2.72. The van der Waals surface area contributed by atoms with Crippen molar-refractivity contribution >= 4 is 21.6 Å². The van der Waals surface area contributed by atoms with E-state index in [-0.39, 0.29) is 23.0 Å². The zero-order chi connectivity index (χ0) is 16.9. The van der Waals surface area contributed by atoms with Crippen molar-refractivity contribution in [2.45, 2.75) is 11.8 Å². The molecule has 1 N–H and O–H groups in total. The van der Waals surface area contributed by atoms with Gasteiger partial charge in [0.2, 0.25) is 0 Å². The third kappa shape index (κ3) is 4.24. The van der Waals surface area contributed by atoms with Crippen LogP contribution in [0.4, 0.5) is 0 Å². The molecule has 0 heterocycles. The number of hydrogen-bond acceptors (Lipinski definition) is 6. The first kappa shape index (κ1) is 16.9. The van der Waals surface area contributed by atoms with Gasteiger partial charge in [0.1, 0.15) is 6.61 Å². The van der Waals surface area contributed by atoms with E-state index in [4.69, 9.17) is 9.39 Å². The summed E-state index contributed by atoms with van der Waals surface area (Å²) in [5.74, 6) is -0.196. The van der Waals surface area contributed by atoms with Gasteiger partial charge in [-0.25, -0.2) is 0 Å². The van der Waals surface area contributed by atoms with E-state index < -0.39 is 10.1 Å². The summed E-state index contributed by atoms with van der Waals surface area (Å²) in [6, 6.07) is 14.2. The molecule has 2 rings (SSSR count). The van der Waals surface area contributed by atoms with E-state index in [1.807, 2.05) is 6.07 Å². The summed E-state index contributed by atoms with van der Waals surface area (Å²) >= 11 is 0. The van der Waals surface area contributed by atoms with Gasteiger partial charge in [-0.2, -0.15) is 8.42 Å². The van der Waals surface area contributed by atoms with E-state index in [0.29, 0.717) is 11.1 Å². The van der Waals surface area contributed by atoms with Crippen molar-refractivity contribution in [2.75, 3.05) is 6.61 Å². The minimum Gasteiger partial charge on any atom is -0.411 e. The quantitative estimate of drug-likeness (QED) is 0.288. The van der Waals surface area contributed by atoms with Crippen LogP contribution in [0.5, 0.6) is 0 Å². The van der Waals surface area contributed by atoms with Crippen LogP contribution >= 0.6 is 0 Å². The largest absolute Gasteiger partial charge is 0.411 e. The van der Waals surface area contributed by atoms with Crippen molar-refractivity contribution in [3.63, 3.8) is 0 Å². The summed E-state index contributed by atoms with van der Waals surface area (Å²) < 4.78 is 28.7. The van der Waals surface area contributed by atoms with Crippen LogP contribution in [0.3, 0.4) is 0 Å². The van der Waals surface area contributed by atoms with E-state index in [9.17, 15) is 13.2 Å². The van der Waals surface area contributed by atoms with Crippen LogP contribution in [0, 0.1) is 0 Å². The highest BCUT2D eigenvalue weighted by atomic mass is 32.2. The van der Waals surface area contributed by atoms with Gasteiger partial charge in [0, 0.05) is 11.1 Å². The maximum Gasteiger partial charge on any atom is 0.297 e. The normalized spacial score (nSPS) is 12.1. The first-order valence-corrected chi connectivity index (χ1v) is 8.11. The third-order valence-corrected chi connectivity index (χ3v) is 4.31. The fraction of sp³-hybridized carbons (Fsp3) is 0.125. The van der Waals surface area contributed by atoms with Crippen molar-refractivity contribution in [1.82, 2.24) is 0 Å². The number of carbonyl (C=O) groups is 1. The van der Waals surface area contributed by atoms with Crippen LogP contribution in [0.15, 0.2) is 64.6 Å².